The van der Waals surface area contributed by atoms with E-state index >= 15 is 0 Å². The first-order valence-electron chi connectivity index (χ1n) is 4.53. The van der Waals surface area contributed by atoms with Gasteiger partial charge in [-0.25, -0.2) is 4.98 Å². The Bertz CT molecular complexity index is 448. The minimum absolute atomic E-state index is 0.0740. The van der Waals surface area contributed by atoms with E-state index in [1.165, 1.54) is 11.3 Å². The molecule has 0 atom stereocenters. The number of nitrogen functional groups attached to an aromatic ring is 1. The van der Waals surface area contributed by atoms with E-state index in [0.29, 0.717) is 17.7 Å². The number of nitrogens with two attached hydrogens (primary N) is 1. The van der Waals surface area contributed by atoms with Gasteiger partial charge in [0.25, 0.3) is 0 Å². The van der Waals surface area contributed by atoms with Crippen LogP contribution in [0.5, 0.6) is 0 Å². The lowest BCUT2D eigenvalue weighted by Crippen LogP contribution is -2.03. The molecular weight excluding hydrogens is 208 g/mol. The zero-order chi connectivity index (χ0) is 10.7. The van der Waals surface area contributed by atoms with Crippen molar-refractivity contribution in [2.45, 2.75) is 6.42 Å². The molecule has 2 aromatic rings. The Morgan fingerprint density at radius 2 is 2.07 bits per heavy atom. The Morgan fingerprint density at radius 3 is 2.67 bits per heavy atom. The maximum Gasteiger partial charge on any atom is 0.169 e. The van der Waals surface area contributed by atoms with Gasteiger partial charge in [-0.2, -0.15) is 0 Å². The van der Waals surface area contributed by atoms with E-state index in [4.69, 9.17) is 5.73 Å². The molecule has 76 valence electrons. The topological polar surface area (TPSA) is 56.0 Å². The summed E-state index contributed by atoms with van der Waals surface area (Å²) >= 11 is 1.49. The number of hydrogen-bond donors (Lipinski definition) is 1. The summed E-state index contributed by atoms with van der Waals surface area (Å²) in [5.41, 5.74) is 6.89. The van der Waals surface area contributed by atoms with Crippen molar-refractivity contribution in [1.82, 2.24) is 4.98 Å². The van der Waals surface area contributed by atoms with Crippen molar-refractivity contribution in [1.29, 1.82) is 0 Å². The molecule has 0 saturated carbocycles. The molecule has 0 aliphatic heterocycles. The van der Waals surface area contributed by atoms with Crippen molar-refractivity contribution in [3.63, 3.8) is 0 Å². The van der Waals surface area contributed by atoms with Gasteiger partial charge in [0.1, 0.15) is 5.01 Å². The van der Waals surface area contributed by atoms with Crippen LogP contribution in [0.15, 0.2) is 35.8 Å². The molecule has 0 bridgehead atoms. The third-order valence-electron chi connectivity index (χ3n) is 2.03. The zero-order valence-electron chi connectivity index (χ0n) is 8.01. The van der Waals surface area contributed by atoms with Gasteiger partial charge in [-0.05, 0) is 24.3 Å². The third kappa shape index (κ3) is 2.41. The van der Waals surface area contributed by atoms with Gasteiger partial charge in [0.05, 0.1) is 6.42 Å². The Morgan fingerprint density at radius 1 is 1.33 bits per heavy atom. The second kappa shape index (κ2) is 4.23. The molecule has 0 saturated heterocycles. The molecule has 0 aliphatic carbocycles. The number of nitrogens with zero attached hydrogens (tertiary/aromatic N) is 1. The van der Waals surface area contributed by atoms with Gasteiger partial charge >= 0.3 is 0 Å². The molecule has 1 aromatic carbocycles. The van der Waals surface area contributed by atoms with Crippen LogP contribution in [0.25, 0.3) is 0 Å². The Kier molecular flexibility index (Phi) is 2.78. The maximum atomic E-state index is 11.7. The summed E-state index contributed by atoms with van der Waals surface area (Å²) in [6.07, 6.45) is 2.07. The van der Waals surface area contributed by atoms with Crippen LogP contribution in [0.4, 0.5) is 5.69 Å². The molecule has 0 fully saturated rings. The minimum atomic E-state index is 0.0740. The van der Waals surface area contributed by atoms with Gasteiger partial charge < -0.3 is 5.73 Å². The summed E-state index contributed by atoms with van der Waals surface area (Å²) in [7, 11) is 0. The van der Waals surface area contributed by atoms with Crippen LogP contribution in [0.2, 0.25) is 0 Å². The van der Waals surface area contributed by atoms with Gasteiger partial charge in [0.15, 0.2) is 5.78 Å². The fourth-order valence-corrected chi connectivity index (χ4v) is 1.86. The van der Waals surface area contributed by atoms with E-state index in [1.54, 1.807) is 30.5 Å². The van der Waals surface area contributed by atoms with Crippen molar-refractivity contribution >= 4 is 22.8 Å². The standard InChI is InChI=1S/C11H10N2OS/c12-9-3-1-8(2-4-9)10(14)7-11-13-5-6-15-11/h1-6H,7,12H2. The molecule has 2 N–H and O–H groups in total. The van der Waals surface area contributed by atoms with E-state index in [1.807, 2.05) is 5.38 Å². The molecule has 0 radical (unpaired) electrons. The molecule has 0 unspecified atom stereocenters. The Labute approximate surface area is 91.6 Å². The highest BCUT2D eigenvalue weighted by molar-refractivity contribution is 7.09. The predicted octanol–water partition coefficient (Wildman–Crippen LogP) is 2.15. The molecular formula is C11H10N2OS. The largest absolute Gasteiger partial charge is 0.399 e. The number of aromatic nitrogens is 1. The van der Waals surface area contributed by atoms with Crippen molar-refractivity contribution < 1.29 is 4.79 Å². The number of benzene rings is 1. The second-order valence-corrected chi connectivity index (χ2v) is 4.13. The van der Waals surface area contributed by atoms with Gasteiger partial charge in [-0.1, -0.05) is 0 Å². The van der Waals surface area contributed by atoms with Gasteiger partial charge in [0, 0.05) is 22.8 Å². The summed E-state index contributed by atoms with van der Waals surface area (Å²) in [5.74, 6) is 0.0740. The van der Waals surface area contributed by atoms with Crippen LogP contribution < -0.4 is 5.73 Å². The summed E-state index contributed by atoms with van der Waals surface area (Å²) < 4.78 is 0. The van der Waals surface area contributed by atoms with Crippen molar-refractivity contribution in [3.05, 3.63) is 46.4 Å². The first kappa shape index (κ1) is 9.86. The lowest BCUT2D eigenvalue weighted by Gasteiger charge is -1.99. The molecule has 4 heteroatoms. The summed E-state index contributed by atoms with van der Waals surface area (Å²) in [6.45, 7) is 0. The molecule has 3 nitrogen and oxygen atoms in total. The quantitative estimate of drug-likeness (QED) is 0.634. The maximum absolute atomic E-state index is 11.7. The number of hydrogen-bond acceptors (Lipinski definition) is 4. The molecule has 1 aromatic heterocycles. The monoisotopic (exact) mass is 218 g/mol. The van der Waals surface area contributed by atoms with Crippen LogP contribution in [0, 0.1) is 0 Å². The van der Waals surface area contributed by atoms with Crippen LogP contribution >= 0.6 is 11.3 Å². The van der Waals surface area contributed by atoms with Crippen molar-refractivity contribution in [3.8, 4) is 0 Å². The highest BCUT2D eigenvalue weighted by Gasteiger charge is 2.07. The number of Topliss-reactive ketones (excluding diaryl/α,β-unsaturated/α-hetero) is 1. The molecule has 0 spiro atoms. The van der Waals surface area contributed by atoms with E-state index in [0.717, 1.165) is 5.01 Å². The smallest absolute Gasteiger partial charge is 0.169 e. The number of anilines is 1. The molecule has 2 rings (SSSR count). The highest BCUT2D eigenvalue weighted by Crippen LogP contribution is 2.11. The fraction of sp³-hybridized carbons (Fsp3) is 0.0909. The summed E-state index contributed by atoms with van der Waals surface area (Å²) in [5, 5.41) is 2.71. The normalized spacial score (nSPS) is 10.1. The van der Waals surface area contributed by atoms with Crippen LogP contribution in [-0.4, -0.2) is 10.8 Å². The summed E-state index contributed by atoms with van der Waals surface area (Å²) in [4.78, 5) is 15.8. The summed E-state index contributed by atoms with van der Waals surface area (Å²) in [6, 6.07) is 6.95. The first-order chi connectivity index (χ1) is 7.25. The first-order valence-corrected chi connectivity index (χ1v) is 5.41. The number of carbonyl (C=O) groups excluding carboxylic acids is 1. The van der Waals surface area contributed by atoms with E-state index < -0.39 is 0 Å². The average Bonchev–Trinajstić information content (AvgIpc) is 2.71. The number of rotatable bonds is 3. The lowest BCUT2D eigenvalue weighted by atomic mass is 10.1. The zero-order valence-corrected chi connectivity index (χ0v) is 8.83. The van der Waals surface area contributed by atoms with Crippen LogP contribution in [0.3, 0.4) is 0 Å². The van der Waals surface area contributed by atoms with Crippen LogP contribution in [-0.2, 0) is 6.42 Å². The van der Waals surface area contributed by atoms with E-state index in [9.17, 15) is 4.79 Å². The van der Waals surface area contributed by atoms with Crippen molar-refractivity contribution in [2.24, 2.45) is 0 Å². The molecule has 0 aliphatic rings. The minimum Gasteiger partial charge on any atom is -0.399 e. The fourth-order valence-electron chi connectivity index (χ4n) is 1.25. The average molecular weight is 218 g/mol. The van der Waals surface area contributed by atoms with E-state index in [-0.39, 0.29) is 5.78 Å². The van der Waals surface area contributed by atoms with Crippen molar-refractivity contribution in [2.75, 3.05) is 5.73 Å². The van der Waals surface area contributed by atoms with Gasteiger partial charge in [0.2, 0.25) is 0 Å². The number of ketones is 1. The van der Waals surface area contributed by atoms with Gasteiger partial charge in [-0.3, -0.25) is 4.79 Å². The van der Waals surface area contributed by atoms with Gasteiger partial charge in [-0.15, -0.1) is 11.3 Å². The number of thiazole rings is 1. The SMILES string of the molecule is Nc1ccc(C(=O)Cc2nccs2)cc1. The predicted molar refractivity (Wildman–Crippen MR) is 61.0 cm³/mol. The third-order valence-corrected chi connectivity index (χ3v) is 2.81. The highest BCUT2D eigenvalue weighted by atomic mass is 32.1. The second-order valence-electron chi connectivity index (χ2n) is 3.15. The Balaban J connectivity index is 2.11. The number of carbonyl (C=O) groups is 1. The molecule has 0 amide bonds. The molecule has 15 heavy (non-hydrogen) atoms. The van der Waals surface area contributed by atoms with Crippen LogP contribution in [0.1, 0.15) is 15.4 Å². The lowest BCUT2D eigenvalue weighted by molar-refractivity contribution is 0.0993. The molecule has 1 heterocycles. The Hall–Kier alpha value is -1.68. The van der Waals surface area contributed by atoms with E-state index in [2.05, 4.69) is 4.98 Å².